The number of hydrogen-bond acceptors (Lipinski definition) is 5. The Hall–Kier alpha value is -2.78. The van der Waals surface area contributed by atoms with Gasteiger partial charge in [0, 0.05) is 30.8 Å². The summed E-state index contributed by atoms with van der Waals surface area (Å²) in [6, 6.07) is 11.5. The second kappa shape index (κ2) is 7.69. The molecule has 1 unspecified atom stereocenters. The summed E-state index contributed by atoms with van der Waals surface area (Å²) in [5.74, 6) is -0.373. The van der Waals surface area contributed by atoms with Crippen LogP contribution in [0.1, 0.15) is 41.7 Å². The van der Waals surface area contributed by atoms with Gasteiger partial charge in [0.25, 0.3) is 11.6 Å². The summed E-state index contributed by atoms with van der Waals surface area (Å²) in [5, 5.41) is 11.0. The summed E-state index contributed by atoms with van der Waals surface area (Å²) in [5.41, 5.74) is 0.798. The zero-order valence-electron chi connectivity index (χ0n) is 15.5. The van der Waals surface area contributed by atoms with E-state index in [1.807, 2.05) is 0 Å². The molecule has 28 heavy (non-hydrogen) atoms. The average Bonchev–Trinajstić information content (AvgIpc) is 3.49. The first-order valence-electron chi connectivity index (χ1n) is 8.83. The number of carbonyl (C=O) groups is 1. The van der Waals surface area contributed by atoms with E-state index in [4.69, 9.17) is 0 Å². The van der Waals surface area contributed by atoms with Crippen molar-refractivity contribution in [3.8, 4) is 0 Å². The molecule has 1 aliphatic rings. The van der Waals surface area contributed by atoms with Crippen molar-refractivity contribution >= 4 is 21.6 Å². The summed E-state index contributed by atoms with van der Waals surface area (Å²) in [7, 11) is -2.08. The van der Waals surface area contributed by atoms with Gasteiger partial charge in [0.2, 0.25) is 10.0 Å². The molecule has 0 radical (unpaired) electrons. The monoisotopic (exact) mass is 403 g/mol. The van der Waals surface area contributed by atoms with Crippen LogP contribution < -0.4 is 4.72 Å². The van der Waals surface area contributed by atoms with Gasteiger partial charge in [-0.3, -0.25) is 14.9 Å². The van der Waals surface area contributed by atoms with Gasteiger partial charge in [-0.2, -0.15) is 0 Å². The van der Waals surface area contributed by atoms with E-state index in [1.165, 1.54) is 35.2 Å². The number of carbonyl (C=O) groups excluding carboxylic acids is 1. The molecule has 9 heteroatoms. The molecule has 1 amide bonds. The molecule has 3 rings (SSSR count). The predicted molar refractivity (Wildman–Crippen MR) is 103 cm³/mol. The third-order valence-electron chi connectivity index (χ3n) is 4.76. The molecular weight excluding hydrogens is 382 g/mol. The van der Waals surface area contributed by atoms with Crippen molar-refractivity contribution in [1.29, 1.82) is 0 Å². The lowest BCUT2D eigenvalue weighted by molar-refractivity contribution is -0.384. The Morgan fingerprint density at radius 1 is 1.21 bits per heavy atom. The predicted octanol–water partition coefficient (Wildman–Crippen LogP) is 2.87. The first-order chi connectivity index (χ1) is 13.2. The summed E-state index contributed by atoms with van der Waals surface area (Å²) in [4.78, 5) is 24.8. The third-order valence-corrected chi connectivity index (χ3v) is 6.27. The Morgan fingerprint density at radius 3 is 2.54 bits per heavy atom. The highest BCUT2D eigenvalue weighted by Gasteiger charge is 2.28. The van der Waals surface area contributed by atoms with Crippen molar-refractivity contribution in [3.05, 3.63) is 69.8 Å². The van der Waals surface area contributed by atoms with Gasteiger partial charge in [-0.05, 0) is 43.5 Å². The zero-order valence-corrected chi connectivity index (χ0v) is 16.3. The molecule has 1 aliphatic carbocycles. The van der Waals surface area contributed by atoms with Gasteiger partial charge in [0.15, 0.2) is 0 Å². The van der Waals surface area contributed by atoms with E-state index in [-0.39, 0.29) is 28.1 Å². The number of non-ortho nitro benzene ring substituents is 1. The Labute approximate surface area is 163 Å². The number of nitro benzene ring substituents is 1. The number of amides is 1. The van der Waals surface area contributed by atoms with E-state index in [1.54, 1.807) is 32.2 Å². The molecule has 148 valence electrons. The first-order valence-corrected chi connectivity index (χ1v) is 10.3. The fourth-order valence-electron chi connectivity index (χ4n) is 2.79. The standard InChI is InChI=1S/C19H21N3O5S/c1-13(14-5-3-7-17(11-14)22(24)25)21(2)19(23)15-6-4-8-18(12-15)28(26,27)20-16-9-10-16/h3-8,11-13,16,20H,9-10H2,1-2H3. The van der Waals surface area contributed by atoms with Crippen LogP contribution in [0.4, 0.5) is 5.69 Å². The fraction of sp³-hybridized carbons (Fsp3) is 0.316. The molecule has 2 aromatic rings. The maximum absolute atomic E-state index is 12.9. The first kappa shape index (κ1) is 20.0. The molecule has 2 aromatic carbocycles. The Bertz CT molecular complexity index is 1020. The van der Waals surface area contributed by atoms with Crippen molar-refractivity contribution in [1.82, 2.24) is 9.62 Å². The summed E-state index contributed by atoms with van der Waals surface area (Å²) >= 11 is 0. The quantitative estimate of drug-likeness (QED) is 0.565. The summed E-state index contributed by atoms with van der Waals surface area (Å²) in [6.45, 7) is 1.76. The molecule has 0 aliphatic heterocycles. The fourth-order valence-corrected chi connectivity index (χ4v) is 4.14. The third kappa shape index (κ3) is 4.37. The molecule has 1 N–H and O–H groups in total. The molecule has 0 bridgehead atoms. The molecule has 0 aromatic heterocycles. The van der Waals surface area contributed by atoms with Gasteiger partial charge in [0.05, 0.1) is 15.9 Å². The van der Waals surface area contributed by atoms with Crippen LogP contribution in [0.2, 0.25) is 0 Å². The smallest absolute Gasteiger partial charge is 0.269 e. The maximum Gasteiger partial charge on any atom is 0.269 e. The van der Waals surface area contributed by atoms with Crippen molar-refractivity contribution in [2.24, 2.45) is 0 Å². The van der Waals surface area contributed by atoms with Crippen LogP contribution in [-0.2, 0) is 10.0 Å². The van der Waals surface area contributed by atoms with Crippen molar-refractivity contribution in [3.63, 3.8) is 0 Å². The highest BCUT2D eigenvalue weighted by molar-refractivity contribution is 7.89. The molecule has 1 saturated carbocycles. The van der Waals surface area contributed by atoms with Gasteiger partial charge < -0.3 is 4.90 Å². The highest BCUT2D eigenvalue weighted by Crippen LogP contribution is 2.26. The Morgan fingerprint density at radius 2 is 1.89 bits per heavy atom. The number of nitro groups is 1. The number of hydrogen-bond donors (Lipinski definition) is 1. The Kier molecular flexibility index (Phi) is 5.48. The maximum atomic E-state index is 12.9. The second-order valence-corrected chi connectivity index (χ2v) is 8.58. The SMILES string of the molecule is CC(c1cccc([N+](=O)[O-])c1)N(C)C(=O)c1cccc(S(=O)(=O)NC2CC2)c1. The number of nitrogens with one attached hydrogen (secondary N) is 1. The molecule has 8 nitrogen and oxygen atoms in total. The van der Waals surface area contributed by atoms with E-state index >= 15 is 0 Å². The van der Waals surface area contributed by atoms with Crippen LogP contribution in [0.3, 0.4) is 0 Å². The minimum atomic E-state index is -3.66. The number of benzene rings is 2. The number of rotatable bonds is 7. The van der Waals surface area contributed by atoms with E-state index in [2.05, 4.69) is 4.72 Å². The van der Waals surface area contributed by atoms with E-state index < -0.39 is 21.0 Å². The highest BCUT2D eigenvalue weighted by atomic mass is 32.2. The lowest BCUT2D eigenvalue weighted by atomic mass is 10.1. The van der Waals surface area contributed by atoms with E-state index in [0.717, 1.165) is 12.8 Å². The summed E-state index contributed by atoms with van der Waals surface area (Å²) < 4.78 is 27.4. The van der Waals surface area contributed by atoms with Gasteiger partial charge >= 0.3 is 0 Å². The largest absolute Gasteiger partial charge is 0.335 e. The molecule has 0 saturated heterocycles. The number of nitrogens with zero attached hydrogens (tertiary/aromatic N) is 2. The Balaban J connectivity index is 1.82. The second-order valence-electron chi connectivity index (χ2n) is 6.87. The normalized spacial score (nSPS) is 15.1. The molecular formula is C19H21N3O5S. The van der Waals surface area contributed by atoms with Crippen LogP contribution in [0.5, 0.6) is 0 Å². The van der Waals surface area contributed by atoms with Crippen LogP contribution >= 0.6 is 0 Å². The topological polar surface area (TPSA) is 110 Å². The molecule has 0 spiro atoms. The lowest BCUT2D eigenvalue weighted by Crippen LogP contribution is -2.30. The van der Waals surface area contributed by atoms with Gasteiger partial charge in [-0.15, -0.1) is 0 Å². The van der Waals surface area contributed by atoms with Gasteiger partial charge in [0.1, 0.15) is 0 Å². The van der Waals surface area contributed by atoms with Crippen LogP contribution in [0.15, 0.2) is 53.4 Å². The minimum Gasteiger partial charge on any atom is -0.335 e. The van der Waals surface area contributed by atoms with E-state index in [0.29, 0.717) is 5.56 Å². The van der Waals surface area contributed by atoms with Crippen LogP contribution in [0.25, 0.3) is 0 Å². The zero-order chi connectivity index (χ0) is 20.5. The van der Waals surface area contributed by atoms with Crippen LogP contribution in [-0.4, -0.2) is 37.2 Å². The molecule has 0 heterocycles. The van der Waals surface area contributed by atoms with Crippen molar-refractivity contribution in [2.75, 3.05) is 7.05 Å². The minimum absolute atomic E-state index is 0.0269. The van der Waals surface area contributed by atoms with Gasteiger partial charge in [-0.25, -0.2) is 13.1 Å². The van der Waals surface area contributed by atoms with Gasteiger partial charge in [-0.1, -0.05) is 18.2 Å². The van der Waals surface area contributed by atoms with Crippen LogP contribution in [0, 0.1) is 10.1 Å². The van der Waals surface area contributed by atoms with Crippen molar-refractivity contribution in [2.45, 2.75) is 36.7 Å². The van der Waals surface area contributed by atoms with E-state index in [9.17, 15) is 23.3 Å². The number of sulfonamides is 1. The molecule has 1 atom stereocenters. The molecule has 1 fully saturated rings. The average molecular weight is 403 g/mol. The lowest BCUT2D eigenvalue weighted by Gasteiger charge is -2.25. The van der Waals surface area contributed by atoms with Crippen molar-refractivity contribution < 1.29 is 18.1 Å². The summed E-state index contributed by atoms with van der Waals surface area (Å²) in [6.07, 6.45) is 1.64.